The molecule has 5 aromatic rings. The zero-order valence-electron chi connectivity index (χ0n) is 42.7. The summed E-state index contributed by atoms with van der Waals surface area (Å²) in [4.78, 5) is 71.9. The molecule has 2 aliphatic heterocycles. The van der Waals surface area contributed by atoms with Crippen molar-refractivity contribution >= 4 is 87.8 Å². The molecule has 0 saturated carbocycles. The van der Waals surface area contributed by atoms with Crippen LogP contribution in [0, 0.1) is 12.3 Å². The minimum atomic E-state index is -2.58. The van der Waals surface area contributed by atoms with Crippen LogP contribution in [0.1, 0.15) is 83.4 Å². The monoisotopic (exact) mass is 1050 g/mol. The lowest BCUT2D eigenvalue weighted by Gasteiger charge is -2.35. The molecule has 4 amide bonds. The Bertz CT molecular complexity index is 2790. The minimum absolute atomic E-state index is 0.00289. The van der Waals surface area contributed by atoms with Crippen LogP contribution in [0.4, 0.5) is 28.8 Å². The van der Waals surface area contributed by atoms with Gasteiger partial charge in [-0.05, 0) is 86.7 Å². The van der Waals surface area contributed by atoms with E-state index < -0.39 is 36.7 Å². The summed E-state index contributed by atoms with van der Waals surface area (Å²) in [5, 5.41) is 27.1. The molecule has 3 aromatic carbocycles. The Morgan fingerprint density at radius 1 is 0.932 bits per heavy atom. The third kappa shape index (κ3) is 14.6. The lowest BCUT2D eigenvalue weighted by atomic mass is 9.85. The Morgan fingerprint density at radius 3 is 2.32 bits per heavy atom. The highest BCUT2D eigenvalue weighted by molar-refractivity contribution is 7.70. The van der Waals surface area contributed by atoms with E-state index in [0.29, 0.717) is 64.9 Å². The highest BCUT2D eigenvalue weighted by atomic mass is 35.5. The molecule has 17 nitrogen and oxygen atoms in total. The van der Waals surface area contributed by atoms with Gasteiger partial charge < -0.3 is 50.8 Å². The van der Waals surface area contributed by atoms with Crippen molar-refractivity contribution in [3.8, 4) is 16.2 Å². The number of ether oxygens (including phenoxy) is 1. The number of aliphatic hydroxyl groups is 1. The van der Waals surface area contributed by atoms with E-state index in [0.717, 1.165) is 53.3 Å². The molecule has 0 aliphatic carbocycles. The second-order valence-corrected chi connectivity index (χ2v) is 24.7. The number of benzene rings is 3. The van der Waals surface area contributed by atoms with E-state index in [9.17, 15) is 28.8 Å². The highest BCUT2D eigenvalue weighted by Gasteiger charge is 2.44. The molecule has 2 fully saturated rings. The van der Waals surface area contributed by atoms with Crippen LogP contribution in [-0.2, 0) is 30.3 Å². The van der Waals surface area contributed by atoms with Gasteiger partial charge in [0.05, 0.1) is 46.9 Å². The van der Waals surface area contributed by atoms with Gasteiger partial charge in [0.15, 0.2) is 5.82 Å². The number of hydrogen-bond acceptors (Lipinski definition) is 14. The molecule has 7 rings (SSSR count). The number of piperidine rings is 1. The molecule has 0 bridgehead atoms. The van der Waals surface area contributed by atoms with Crippen LogP contribution in [0.5, 0.6) is 5.75 Å². The van der Waals surface area contributed by atoms with Gasteiger partial charge in [-0.15, -0.1) is 11.3 Å². The Hall–Kier alpha value is -6.07. The van der Waals surface area contributed by atoms with Crippen LogP contribution < -0.4 is 41.5 Å². The van der Waals surface area contributed by atoms with Crippen LogP contribution >= 0.6 is 30.1 Å². The molecule has 73 heavy (non-hydrogen) atoms. The highest BCUT2D eigenvalue weighted by Crippen LogP contribution is 2.39. The number of β-amino-alcohol motifs (C(OH)–C–C–N with tert-alkyl or cyclic N) is 1. The summed E-state index contributed by atoms with van der Waals surface area (Å²) in [5.41, 5.74) is 6.35. The van der Waals surface area contributed by atoms with Gasteiger partial charge in [-0.1, -0.05) is 75.2 Å². The number of nitrogens with zero attached hydrogens (tertiary/aromatic N) is 5. The third-order valence-corrected chi connectivity index (χ3v) is 16.0. The molecule has 2 aliphatic rings. The Labute approximate surface area is 437 Å². The van der Waals surface area contributed by atoms with Crippen molar-refractivity contribution in [3.05, 3.63) is 94.7 Å². The Kier molecular flexibility index (Phi) is 18.2. The van der Waals surface area contributed by atoms with Crippen LogP contribution in [0.15, 0.2) is 78.4 Å². The van der Waals surface area contributed by atoms with Gasteiger partial charge in [-0.25, -0.2) is 9.97 Å². The number of halogens is 1. The summed E-state index contributed by atoms with van der Waals surface area (Å²) >= 11 is 8.05. The minimum Gasteiger partial charge on any atom is -0.494 e. The number of unbranched alkanes of at least 4 members (excludes halogenated alkanes) is 2. The topological polar surface area (TPSA) is 220 Å². The van der Waals surface area contributed by atoms with Crippen LogP contribution in [0.2, 0.25) is 5.02 Å². The number of methoxy groups -OCH3 is 1. The van der Waals surface area contributed by atoms with Crippen molar-refractivity contribution in [2.75, 3.05) is 55.6 Å². The number of amides is 4. The molecule has 6 N–H and O–H groups in total. The first-order chi connectivity index (χ1) is 34.8. The Morgan fingerprint density at radius 2 is 1.64 bits per heavy atom. The molecule has 4 heterocycles. The van der Waals surface area contributed by atoms with E-state index in [1.807, 2.05) is 99.9 Å². The van der Waals surface area contributed by atoms with E-state index in [2.05, 4.69) is 46.4 Å². The van der Waals surface area contributed by atoms with E-state index in [1.165, 1.54) is 11.1 Å². The van der Waals surface area contributed by atoms with Crippen LogP contribution in [0.25, 0.3) is 10.4 Å². The predicted octanol–water partition coefficient (Wildman–Crippen LogP) is 8.15. The number of carbonyl (C=O) groups excluding carboxylic acids is 4. The zero-order chi connectivity index (χ0) is 52.5. The van der Waals surface area contributed by atoms with Crippen molar-refractivity contribution in [1.82, 2.24) is 35.8 Å². The van der Waals surface area contributed by atoms with Gasteiger partial charge in [0.2, 0.25) is 29.6 Å². The van der Waals surface area contributed by atoms with Crippen molar-refractivity contribution in [3.63, 3.8) is 0 Å². The van der Waals surface area contributed by atoms with Crippen LogP contribution in [-0.4, -0.2) is 113 Å². The van der Waals surface area contributed by atoms with Crippen LogP contribution in [0.3, 0.4) is 0 Å². The molecule has 2 aromatic heterocycles. The van der Waals surface area contributed by atoms with Gasteiger partial charge in [0, 0.05) is 68.5 Å². The first kappa shape index (κ1) is 54.7. The molecular weight excluding hydrogens is 987 g/mol. The normalized spacial score (nSPS) is 16.7. The quantitative estimate of drug-likeness (QED) is 0.0321. The molecule has 390 valence electrons. The molecule has 3 atom stereocenters. The first-order valence-corrected chi connectivity index (χ1v) is 28.6. The number of aryl methyl sites for hydroxylation is 1. The van der Waals surface area contributed by atoms with Crippen molar-refractivity contribution < 1.29 is 33.6 Å². The fourth-order valence-electron chi connectivity index (χ4n) is 9.14. The molecule has 0 unspecified atom stereocenters. The summed E-state index contributed by atoms with van der Waals surface area (Å²) in [5.74, 6) is 0.184. The number of aliphatic hydroxyl groups excluding tert-OH is 1. The SMILES string of the molecule is COc1cc(N2CCC(NC(=O)CCCCCC(=O)N[C@H](C(=O)N3C[C@H](O)C[C@H]3C(=O)NCc3ccc(-c4scnc4C)cc3)C(C)(C)C)CC2)ccc1Nc1ncc(Cl)c(Nc2ccccc2P(C)(C)=O)n1. The third-order valence-electron chi connectivity index (χ3n) is 13.2. The number of thiazole rings is 1. The second kappa shape index (κ2) is 24.3. The summed E-state index contributed by atoms with van der Waals surface area (Å²) in [6.45, 7) is 12.7. The van der Waals surface area contributed by atoms with Crippen molar-refractivity contribution in [2.45, 2.75) is 110 Å². The molecule has 20 heteroatoms. The van der Waals surface area contributed by atoms with Gasteiger partial charge >= 0.3 is 0 Å². The standard InChI is InChI=1S/C53H68ClN10O7PS/c1-33-47(73-32-57-33)35-19-17-34(18-20-35)29-55-50(68)42-28-38(65)31-64(42)51(69)48(53(2,3)4)61-46(67)16-10-8-9-15-45(66)58-36-23-25-63(26-24-36)37-21-22-40(43(27-37)71-5)60-52-56-30-39(54)49(62-52)59-41-13-11-12-14-44(41)72(6,7)70/h11-14,17-22,27,30,32,36,38,42,48,65H,8-10,15-16,23-26,28-29,31H2,1-7H3,(H,55,68)(H,58,66)(H,61,67)(H2,56,59,60,62)/t38-,42+,48-/m1/s1. The maximum absolute atomic E-state index is 14.1. The molecular formula is C53H68ClN10O7PS. The molecule has 2 saturated heterocycles. The summed E-state index contributed by atoms with van der Waals surface area (Å²) in [6, 6.07) is 19.4. The van der Waals surface area contributed by atoms with Gasteiger partial charge in [-0.2, -0.15) is 4.98 Å². The summed E-state index contributed by atoms with van der Waals surface area (Å²) in [6.07, 6.45) is 4.63. The number of rotatable bonds is 20. The smallest absolute Gasteiger partial charge is 0.246 e. The molecule has 0 radical (unpaired) electrons. The Balaban J connectivity index is 0.818. The van der Waals surface area contributed by atoms with E-state index in [1.54, 1.807) is 31.8 Å². The van der Waals surface area contributed by atoms with E-state index in [-0.39, 0.29) is 49.7 Å². The second-order valence-electron chi connectivity index (χ2n) is 20.2. The van der Waals surface area contributed by atoms with Crippen molar-refractivity contribution in [1.29, 1.82) is 0 Å². The average molecular weight is 1060 g/mol. The van der Waals surface area contributed by atoms with Crippen molar-refractivity contribution in [2.24, 2.45) is 5.41 Å². The van der Waals surface area contributed by atoms with E-state index >= 15 is 0 Å². The maximum Gasteiger partial charge on any atom is 0.246 e. The van der Waals surface area contributed by atoms with Gasteiger partial charge in [-0.3, -0.25) is 19.2 Å². The summed E-state index contributed by atoms with van der Waals surface area (Å²) < 4.78 is 18.7. The average Bonchev–Trinajstić information content (AvgIpc) is 3.98. The van der Waals surface area contributed by atoms with Gasteiger partial charge in [0.1, 0.15) is 30.0 Å². The lowest BCUT2D eigenvalue weighted by molar-refractivity contribution is -0.144. The van der Waals surface area contributed by atoms with Gasteiger partial charge in [0.25, 0.3) is 0 Å². The number of anilines is 5. The fourth-order valence-corrected chi connectivity index (χ4v) is 11.2. The largest absolute Gasteiger partial charge is 0.494 e. The summed E-state index contributed by atoms with van der Waals surface area (Å²) in [7, 11) is -0.979. The predicted molar refractivity (Wildman–Crippen MR) is 290 cm³/mol. The van der Waals surface area contributed by atoms with E-state index in [4.69, 9.17) is 16.3 Å². The number of likely N-dealkylation sites (tertiary alicyclic amines) is 1. The number of nitrogens with one attached hydrogen (secondary N) is 5. The molecule has 0 spiro atoms. The fraction of sp³-hybridized carbons (Fsp3) is 0.453. The number of hydrogen-bond donors (Lipinski definition) is 6. The number of para-hydroxylation sites is 1. The maximum atomic E-state index is 14.1. The number of carbonyl (C=O) groups is 4. The first-order valence-electron chi connectivity index (χ1n) is 24.8. The number of aromatic nitrogens is 3. The zero-order valence-corrected chi connectivity index (χ0v) is 45.1. The lowest BCUT2D eigenvalue weighted by Crippen LogP contribution is -2.57.